The number of halogens is 4. The summed E-state index contributed by atoms with van der Waals surface area (Å²) in [5.74, 6) is 0.467. The van der Waals surface area contributed by atoms with Crippen LogP contribution in [0.4, 0.5) is 13.2 Å². The lowest BCUT2D eigenvalue weighted by Gasteiger charge is -2.11. The summed E-state index contributed by atoms with van der Waals surface area (Å²) in [4.78, 5) is 0. The monoisotopic (exact) mass is 248 g/mol. The van der Waals surface area contributed by atoms with Crippen molar-refractivity contribution in [3.05, 3.63) is 41.0 Å². The van der Waals surface area contributed by atoms with Gasteiger partial charge in [0.15, 0.2) is 0 Å². The molecule has 0 fully saturated rings. The van der Waals surface area contributed by atoms with Gasteiger partial charge in [-0.15, -0.1) is 11.6 Å². The van der Waals surface area contributed by atoms with Crippen LogP contribution in [0.1, 0.15) is 23.1 Å². The van der Waals surface area contributed by atoms with Crippen LogP contribution in [0.25, 0.3) is 6.08 Å². The summed E-state index contributed by atoms with van der Waals surface area (Å²) in [7, 11) is 0. The largest absolute Gasteiger partial charge is 0.416 e. The molecule has 88 valence electrons. The van der Waals surface area contributed by atoms with Crippen LogP contribution >= 0.6 is 11.6 Å². The van der Waals surface area contributed by atoms with E-state index in [0.717, 1.165) is 6.07 Å². The van der Waals surface area contributed by atoms with Gasteiger partial charge in [0.2, 0.25) is 0 Å². The Kier molecular flexibility index (Phi) is 4.42. The Labute approximate surface area is 97.7 Å². The first-order valence-electron chi connectivity index (χ1n) is 4.86. The Morgan fingerprint density at radius 3 is 2.56 bits per heavy atom. The van der Waals surface area contributed by atoms with E-state index in [1.165, 1.54) is 13.0 Å². The minimum Gasteiger partial charge on any atom is -0.166 e. The van der Waals surface area contributed by atoms with Crippen LogP contribution in [0.5, 0.6) is 0 Å². The van der Waals surface area contributed by atoms with Crippen molar-refractivity contribution in [2.45, 2.75) is 19.5 Å². The topological polar surface area (TPSA) is 0 Å². The second kappa shape index (κ2) is 5.39. The van der Waals surface area contributed by atoms with Gasteiger partial charge >= 0.3 is 6.18 Å². The first kappa shape index (κ1) is 13.1. The molecule has 1 aromatic carbocycles. The summed E-state index contributed by atoms with van der Waals surface area (Å²) >= 11 is 5.48. The molecule has 0 N–H and O–H groups in total. The molecule has 0 aromatic heterocycles. The van der Waals surface area contributed by atoms with Gasteiger partial charge in [0.25, 0.3) is 0 Å². The number of allylic oxidation sites excluding steroid dienone is 1. The highest BCUT2D eigenvalue weighted by atomic mass is 35.5. The number of hydrogen-bond acceptors (Lipinski definition) is 0. The average Bonchev–Trinajstić information content (AvgIpc) is 2.19. The van der Waals surface area contributed by atoms with Crippen LogP contribution in [0, 0.1) is 6.92 Å². The molecule has 0 bridgehead atoms. The lowest BCUT2D eigenvalue weighted by Crippen LogP contribution is -2.07. The third-order valence-corrected chi connectivity index (χ3v) is 2.47. The molecule has 4 heteroatoms. The zero-order valence-corrected chi connectivity index (χ0v) is 9.57. The Morgan fingerprint density at radius 1 is 1.31 bits per heavy atom. The van der Waals surface area contributed by atoms with Crippen LogP contribution in [0.15, 0.2) is 24.3 Å². The lowest BCUT2D eigenvalue weighted by molar-refractivity contribution is -0.138. The van der Waals surface area contributed by atoms with Gasteiger partial charge in [-0.05, 0) is 30.5 Å². The van der Waals surface area contributed by atoms with Crippen LogP contribution in [-0.4, -0.2) is 5.88 Å². The van der Waals surface area contributed by atoms with Crippen LogP contribution in [0.3, 0.4) is 0 Å². The van der Waals surface area contributed by atoms with Crippen LogP contribution in [0.2, 0.25) is 0 Å². The molecule has 16 heavy (non-hydrogen) atoms. The highest BCUT2D eigenvalue weighted by Crippen LogP contribution is 2.33. The van der Waals surface area contributed by atoms with Gasteiger partial charge in [0, 0.05) is 5.88 Å². The van der Waals surface area contributed by atoms with E-state index in [9.17, 15) is 13.2 Å². The third kappa shape index (κ3) is 3.27. The molecular weight excluding hydrogens is 237 g/mol. The van der Waals surface area contributed by atoms with Crippen molar-refractivity contribution in [2.75, 3.05) is 5.88 Å². The van der Waals surface area contributed by atoms with Gasteiger partial charge in [0.1, 0.15) is 0 Å². The first-order valence-corrected chi connectivity index (χ1v) is 5.39. The minimum atomic E-state index is -4.29. The molecule has 0 unspecified atom stereocenters. The van der Waals surface area contributed by atoms with Crippen LogP contribution in [-0.2, 0) is 6.18 Å². The van der Waals surface area contributed by atoms with Crippen molar-refractivity contribution in [1.82, 2.24) is 0 Å². The van der Waals surface area contributed by atoms with Crippen LogP contribution < -0.4 is 0 Å². The fourth-order valence-electron chi connectivity index (χ4n) is 1.41. The molecule has 0 nitrogen and oxygen atoms in total. The first-order chi connectivity index (χ1) is 7.46. The van der Waals surface area contributed by atoms with Gasteiger partial charge in [0.05, 0.1) is 5.56 Å². The lowest BCUT2D eigenvalue weighted by atomic mass is 10.0. The van der Waals surface area contributed by atoms with E-state index in [0.29, 0.717) is 17.9 Å². The highest BCUT2D eigenvalue weighted by molar-refractivity contribution is 6.17. The average molecular weight is 249 g/mol. The summed E-state index contributed by atoms with van der Waals surface area (Å²) < 4.78 is 37.7. The summed E-state index contributed by atoms with van der Waals surface area (Å²) in [6.45, 7) is 1.48. The molecule has 1 aromatic rings. The molecular formula is C12H12ClF3. The zero-order chi connectivity index (χ0) is 12.2. The number of benzene rings is 1. The zero-order valence-electron chi connectivity index (χ0n) is 8.81. The van der Waals surface area contributed by atoms with E-state index in [4.69, 9.17) is 11.6 Å². The maximum atomic E-state index is 12.6. The van der Waals surface area contributed by atoms with Gasteiger partial charge in [-0.2, -0.15) is 13.2 Å². The molecule has 0 heterocycles. The van der Waals surface area contributed by atoms with Gasteiger partial charge < -0.3 is 0 Å². The summed E-state index contributed by atoms with van der Waals surface area (Å²) in [5, 5.41) is 0. The Hall–Kier alpha value is -0.960. The molecule has 0 saturated carbocycles. The van der Waals surface area contributed by atoms with E-state index in [1.54, 1.807) is 18.2 Å². The van der Waals surface area contributed by atoms with Crippen molar-refractivity contribution in [2.24, 2.45) is 0 Å². The number of rotatable bonds is 3. The molecule has 0 amide bonds. The second-order valence-electron chi connectivity index (χ2n) is 3.40. The van der Waals surface area contributed by atoms with E-state index in [-0.39, 0.29) is 5.56 Å². The van der Waals surface area contributed by atoms with Crippen molar-refractivity contribution in [3.8, 4) is 0 Å². The minimum absolute atomic E-state index is 0.251. The molecule has 0 aliphatic carbocycles. The predicted octanol–water partition coefficient (Wildman–Crippen LogP) is 4.66. The van der Waals surface area contributed by atoms with Gasteiger partial charge in [-0.25, -0.2) is 0 Å². The van der Waals surface area contributed by atoms with Crippen molar-refractivity contribution >= 4 is 17.7 Å². The molecule has 0 spiro atoms. The van der Waals surface area contributed by atoms with E-state index >= 15 is 0 Å². The quantitative estimate of drug-likeness (QED) is 0.683. The molecule has 0 saturated heterocycles. The molecule has 0 radical (unpaired) electrons. The third-order valence-electron chi connectivity index (χ3n) is 2.25. The second-order valence-corrected chi connectivity index (χ2v) is 3.78. The van der Waals surface area contributed by atoms with Gasteiger partial charge in [-0.3, -0.25) is 0 Å². The van der Waals surface area contributed by atoms with Crippen molar-refractivity contribution in [1.29, 1.82) is 0 Å². The predicted molar refractivity (Wildman–Crippen MR) is 60.6 cm³/mol. The van der Waals surface area contributed by atoms with Gasteiger partial charge in [-0.1, -0.05) is 24.3 Å². The normalized spacial score (nSPS) is 12.3. The fraction of sp³-hybridized carbons (Fsp3) is 0.333. The summed E-state index contributed by atoms with van der Waals surface area (Å²) in [6.07, 6.45) is -0.194. The number of hydrogen-bond donors (Lipinski definition) is 0. The molecule has 0 aliphatic rings. The molecule has 1 rings (SSSR count). The summed E-state index contributed by atoms with van der Waals surface area (Å²) in [6, 6.07) is 4.17. The summed E-state index contributed by atoms with van der Waals surface area (Å²) in [5.41, 5.74) is 0.251. The Bertz CT molecular complexity index is 380. The van der Waals surface area contributed by atoms with E-state index in [2.05, 4.69) is 0 Å². The number of alkyl halides is 4. The highest BCUT2D eigenvalue weighted by Gasteiger charge is 2.32. The Balaban J connectivity index is 3.05. The standard InChI is InChI=1S/C12H12ClF3/c1-9-10(5-2-3-8-13)6-4-7-11(9)12(14,15)16/h2,4-7H,3,8H2,1H3. The van der Waals surface area contributed by atoms with E-state index < -0.39 is 11.7 Å². The maximum Gasteiger partial charge on any atom is 0.416 e. The Morgan fingerprint density at radius 2 is 2.00 bits per heavy atom. The maximum absolute atomic E-state index is 12.6. The fourth-order valence-corrected chi connectivity index (χ4v) is 1.54. The van der Waals surface area contributed by atoms with Crippen molar-refractivity contribution < 1.29 is 13.2 Å². The van der Waals surface area contributed by atoms with E-state index in [1.807, 2.05) is 0 Å². The van der Waals surface area contributed by atoms with Crippen molar-refractivity contribution in [3.63, 3.8) is 0 Å². The molecule has 0 aliphatic heterocycles. The smallest absolute Gasteiger partial charge is 0.166 e. The SMILES string of the molecule is Cc1c(C=CCCCl)cccc1C(F)(F)F. The molecule has 0 atom stereocenters.